The highest BCUT2D eigenvalue weighted by Crippen LogP contribution is 2.25. The lowest BCUT2D eigenvalue weighted by molar-refractivity contribution is -0.126. The number of aromatic nitrogens is 1. The minimum Gasteiger partial charge on any atom is -0.356 e. The van der Waals surface area contributed by atoms with Gasteiger partial charge in [-0.15, -0.1) is 0 Å². The molecule has 1 amide bonds. The van der Waals surface area contributed by atoms with Crippen LogP contribution >= 0.6 is 0 Å². The van der Waals surface area contributed by atoms with Crippen molar-refractivity contribution in [2.75, 3.05) is 18.0 Å². The molecule has 0 unspecified atom stereocenters. The van der Waals surface area contributed by atoms with E-state index < -0.39 is 0 Å². The van der Waals surface area contributed by atoms with Crippen LogP contribution in [0.4, 0.5) is 5.82 Å². The minimum atomic E-state index is 0.226. The topological polar surface area (TPSA) is 45.2 Å². The molecule has 1 aromatic heterocycles. The molecule has 0 spiro atoms. The van der Waals surface area contributed by atoms with Gasteiger partial charge in [-0.1, -0.05) is 25.3 Å². The second-order valence-corrected chi connectivity index (χ2v) is 6.59. The van der Waals surface area contributed by atoms with Gasteiger partial charge in [0.1, 0.15) is 5.82 Å². The van der Waals surface area contributed by atoms with E-state index in [1.165, 1.54) is 38.5 Å². The van der Waals surface area contributed by atoms with Crippen LogP contribution in [0.3, 0.4) is 0 Å². The fourth-order valence-corrected chi connectivity index (χ4v) is 3.65. The molecule has 3 rings (SSSR count). The van der Waals surface area contributed by atoms with Crippen LogP contribution in [0.5, 0.6) is 0 Å². The summed E-state index contributed by atoms with van der Waals surface area (Å²) in [5.41, 5.74) is 1.15. The van der Waals surface area contributed by atoms with E-state index in [9.17, 15) is 4.79 Å². The highest BCUT2D eigenvalue weighted by Gasteiger charge is 2.21. The first-order valence-electron chi connectivity index (χ1n) is 8.81. The molecule has 1 saturated heterocycles. The number of carbonyl (C=O) groups is 1. The van der Waals surface area contributed by atoms with Crippen molar-refractivity contribution in [3.8, 4) is 0 Å². The molecule has 1 saturated carbocycles. The van der Waals surface area contributed by atoms with Gasteiger partial charge in [-0.3, -0.25) is 4.79 Å². The fraction of sp³-hybridized carbons (Fsp3) is 0.667. The van der Waals surface area contributed by atoms with Crippen LogP contribution in [-0.4, -0.2) is 24.0 Å². The first-order valence-corrected chi connectivity index (χ1v) is 8.81. The van der Waals surface area contributed by atoms with E-state index in [0.717, 1.165) is 37.3 Å². The minimum absolute atomic E-state index is 0.226. The quantitative estimate of drug-likeness (QED) is 0.928. The number of hydrogen-bond donors (Lipinski definition) is 1. The van der Waals surface area contributed by atoms with Crippen molar-refractivity contribution in [2.24, 2.45) is 5.92 Å². The number of pyridine rings is 1. The highest BCUT2D eigenvalue weighted by atomic mass is 16.1. The van der Waals surface area contributed by atoms with Crippen LogP contribution < -0.4 is 10.2 Å². The maximum Gasteiger partial charge on any atom is 0.223 e. The molecule has 2 fully saturated rings. The van der Waals surface area contributed by atoms with Gasteiger partial charge in [-0.2, -0.15) is 0 Å². The number of rotatable bonds is 4. The summed E-state index contributed by atoms with van der Waals surface area (Å²) in [7, 11) is 0. The molecule has 4 heteroatoms. The Balaban J connectivity index is 1.60. The molecule has 2 heterocycles. The zero-order valence-electron chi connectivity index (χ0n) is 13.4. The standard InChI is InChI=1S/C18H27N3O/c22-18(15-8-3-1-4-9-15)20-14-16-10-7-11-19-17(16)21-12-5-2-6-13-21/h7,10-11,15H,1-6,8-9,12-14H2,(H,20,22). The lowest BCUT2D eigenvalue weighted by Gasteiger charge is -2.29. The van der Waals surface area contributed by atoms with Gasteiger partial charge in [0.2, 0.25) is 5.91 Å². The summed E-state index contributed by atoms with van der Waals surface area (Å²) in [5, 5.41) is 3.14. The summed E-state index contributed by atoms with van der Waals surface area (Å²) >= 11 is 0. The number of piperidine rings is 1. The van der Waals surface area contributed by atoms with Crippen LogP contribution in [0.1, 0.15) is 56.9 Å². The molecule has 4 nitrogen and oxygen atoms in total. The summed E-state index contributed by atoms with van der Waals surface area (Å²) < 4.78 is 0. The van der Waals surface area contributed by atoms with E-state index in [4.69, 9.17) is 0 Å². The smallest absolute Gasteiger partial charge is 0.223 e. The first kappa shape index (κ1) is 15.3. The Labute approximate surface area is 133 Å². The van der Waals surface area contributed by atoms with E-state index in [1.807, 2.05) is 12.3 Å². The van der Waals surface area contributed by atoms with Gasteiger partial charge in [0.05, 0.1) is 0 Å². The van der Waals surface area contributed by atoms with Crippen LogP contribution in [0.2, 0.25) is 0 Å². The third-order valence-corrected chi connectivity index (χ3v) is 4.95. The Kier molecular flexibility index (Phi) is 5.30. The molecule has 0 radical (unpaired) electrons. The number of amides is 1. The Morgan fingerprint density at radius 2 is 1.86 bits per heavy atom. The Bertz CT molecular complexity index is 491. The Morgan fingerprint density at radius 3 is 2.64 bits per heavy atom. The second-order valence-electron chi connectivity index (χ2n) is 6.59. The number of carbonyl (C=O) groups excluding carboxylic acids is 1. The zero-order chi connectivity index (χ0) is 15.2. The van der Waals surface area contributed by atoms with Crippen LogP contribution in [-0.2, 0) is 11.3 Å². The van der Waals surface area contributed by atoms with Gasteiger partial charge in [0, 0.05) is 37.3 Å². The monoisotopic (exact) mass is 301 g/mol. The average Bonchev–Trinajstić information content (AvgIpc) is 2.61. The SMILES string of the molecule is O=C(NCc1cccnc1N1CCCCC1)C1CCCCC1. The highest BCUT2D eigenvalue weighted by molar-refractivity contribution is 5.78. The van der Waals surface area contributed by atoms with Gasteiger partial charge in [-0.05, 0) is 38.2 Å². The molecule has 1 aliphatic heterocycles. The maximum absolute atomic E-state index is 12.3. The van der Waals surface area contributed by atoms with Gasteiger partial charge in [-0.25, -0.2) is 4.98 Å². The predicted octanol–water partition coefficient (Wildman–Crippen LogP) is 3.27. The number of nitrogens with one attached hydrogen (secondary N) is 1. The summed E-state index contributed by atoms with van der Waals surface area (Å²) in [6.07, 6.45) is 11.4. The molecule has 0 atom stereocenters. The molecule has 1 aliphatic carbocycles. The van der Waals surface area contributed by atoms with Crippen molar-refractivity contribution in [1.29, 1.82) is 0 Å². The summed E-state index contributed by atoms with van der Waals surface area (Å²) in [6.45, 7) is 2.77. The predicted molar refractivity (Wildman–Crippen MR) is 88.7 cm³/mol. The maximum atomic E-state index is 12.3. The van der Waals surface area contributed by atoms with Crippen molar-refractivity contribution in [3.05, 3.63) is 23.9 Å². The molecule has 1 aromatic rings. The van der Waals surface area contributed by atoms with E-state index >= 15 is 0 Å². The first-order chi connectivity index (χ1) is 10.8. The van der Waals surface area contributed by atoms with E-state index in [1.54, 1.807) is 0 Å². The number of nitrogens with zero attached hydrogens (tertiary/aromatic N) is 2. The average molecular weight is 301 g/mol. The molecule has 0 bridgehead atoms. The molecule has 22 heavy (non-hydrogen) atoms. The third kappa shape index (κ3) is 3.79. The van der Waals surface area contributed by atoms with Crippen molar-refractivity contribution in [2.45, 2.75) is 57.9 Å². The van der Waals surface area contributed by atoms with E-state index in [2.05, 4.69) is 21.3 Å². The lowest BCUT2D eigenvalue weighted by Crippen LogP contribution is -2.34. The van der Waals surface area contributed by atoms with E-state index in [0.29, 0.717) is 6.54 Å². The summed E-state index contributed by atoms with van der Waals surface area (Å²) in [6, 6.07) is 4.06. The van der Waals surface area contributed by atoms with Crippen molar-refractivity contribution >= 4 is 11.7 Å². The van der Waals surface area contributed by atoms with Gasteiger partial charge < -0.3 is 10.2 Å². The molecule has 1 N–H and O–H groups in total. The van der Waals surface area contributed by atoms with Crippen LogP contribution in [0.15, 0.2) is 18.3 Å². The molecule has 2 aliphatic rings. The molecule has 0 aromatic carbocycles. The summed E-state index contributed by atoms with van der Waals surface area (Å²) in [5.74, 6) is 1.52. The van der Waals surface area contributed by atoms with Gasteiger partial charge >= 0.3 is 0 Å². The van der Waals surface area contributed by atoms with Gasteiger partial charge in [0.25, 0.3) is 0 Å². The van der Waals surface area contributed by atoms with Crippen LogP contribution in [0.25, 0.3) is 0 Å². The fourth-order valence-electron chi connectivity index (χ4n) is 3.65. The molecule has 120 valence electrons. The number of hydrogen-bond acceptors (Lipinski definition) is 3. The Morgan fingerprint density at radius 1 is 1.14 bits per heavy atom. The zero-order valence-corrected chi connectivity index (χ0v) is 13.4. The van der Waals surface area contributed by atoms with Crippen LogP contribution in [0, 0.1) is 5.92 Å². The largest absolute Gasteiger partial charge is 0.356 e. The van der Waals surface area contributed by atoms with E-state index in [-0.39, 0.29) is 11.8 Å². The molecular formula is C18H27N3O. The third-order valence-electron chi connectivity index (χ3n) is 4.95. The summed E-state index contributed by atoms with van der Waals surface area (Å²) in [4.78, 5) is 19.2. The molecular weight excluding hydrogens is 274 g/mol. The lowest BCUT2D eigenvalue weighted by atomic mass is 9.88. The Hall–Kier alpha value is -1.58. The van der Waals surface area contributed by atoms with Crippen molar-refractivity contribution < 1.29 is 4.79 Å². The second kappa shape index (κ2) is 7.61. The number of anilines is 1. The van der Waals surface area contributed by atoms with Crippen molar-refractivity contribution in [1.82, 2.24) is 10.3 Å². The van der Waals surface area contributed by atoms with Gasteiger partial charge in [0.15, 0.2) is 0 Å². The normalized spacial score (nSPS) is 19.9. The van der Waals surface area contributed by atoms with Crippen molar-refractivity contribution in [3.63, 3.8) is 0 Å².